The molecule has 14 heavy (non-hydrogen) atoms. The van der Waals surface area contributed by atoms with E-state index in [1.54, 1.807) is 12.3 Å². The van der Waals surface area contributed by atoms with Gasteiger partial charge in [0.2, 0.25) is 0 Å². The summed E-state index contributed by atoms with van der Waals surface area (Å²) in [5.41, 5.74) is 0. The summed E-state index contributed by atoms with van der Waals surface area (Å²) in [4.78, 5) is 7.59. The predicted molar refractivity (Wildman–Crippen MR) is 47.0 cm³/mol. The first-order valence-corrected chi connectivity index (χ1v) is 5.23. The quantitative estimate of drug-likeness (QED) is 0.693. The highest BCUT2D eigenvalue weighted by molar-refractivity contribution is 7.89. The smallest absolute Gasteiger partial charge is 0.220 e. The summed E-state index contributed by atoms with van der Waals surface area (Å²) in [6.45, 7) is 0. The van der Waals surface area contributed by atoms with Crippen LogP contribution in [0.1, 0.15) is 0 Å². The number of nitrogens with zero attached hydrogens (tertiary/aromatic N) is 4. The van der Waals surface area contributed by atoms with Gasteiger partial charge in [0.25, 0.3) is 21.0 Å². The fraction of sp³-hybridized carbons (Fsp3) is 0.167. The predicted octanol–water partition coefficient (Wildman–Crippen LogP) is -0.968. The van der Waals surface area contributed by atoms with Crippen molar-refractivity contribution in [3.8, 4) is 0 Å². The summed E-state index contributed by atoms with van der Waals surface area (Å²) < 4.78 is 26.0. The van der Waals surface area contributed by atoms with Crippen LogP contribution >= 0.6 is 0 Å². The lowest BCUT2D eigenvalue weighted by atomic mass is 10.7. The molecule has 0 aliphatic heterocycles. The van der Waals surface area contributed by atoms with Gasteiger partial charge in [0.1, 0.15) is 0 Å². The fourth-order valence-electron chi connectivity index (χ4n) is 0.919. The number of hydrogen-bond acceptors (Lipinski definition) is 5. The van der Waals surface area contributed by atoms with Crippen molar-refractivity contribution in [2.45, 2.75) is 5.16 Å². The minimum atomic E-state index is -3.59. The average Bonchev–Trinajstić information content (AvgIpc) is 2.61. The molecule has 0 aromatic carbocycles. The van der Waals surface area contributed by atoms with Gasteiger partial charge in [-0.3, -0.25) is 0 Å². The first-order valence-electron chi connectivity index (χ1n) is 3.74. The third-order valence-electron chi connectivity index (χ3n) is 1.61. The second-order valence-electron chi connectivity index (χ2n) is 2.47. The maximum atomic E-state index is 11.3. The molecular weight excluding hydrogens is 206 g/mol. The highest BCUT2D eigenvalue weighted by Crippen LogP contribution is 2.02. The molecule has 2 aromatic heterocycles. The van der Waals surface area contributed by atoms with Crippen molar-refractivity contribution in [1.29, 1.82) is 0 Å². The van der Waals surface area contributed by atoms with Crippen molar-refractivity contribution < 1.29 is 8.42 Å². The molecule has 2 heterocycles. The molecule has 0 saturated heterocycles. The highest BCUT2D eigenvalue weighted by atomic mass is 32.2. The van der Waals surface area contributed by atoms with E-state index < -0.39 is 10.0 Å². The lowest BCUT2D eigenvalue weighted by Gasteiger charge is -1.92. The first-order chi connectivity index (χ1) is 6.63. The zero-order valence-corrected chi connectivity index (χ0v) is 8.06. The second kappa shape index (κ2) is 3.00. The van der Waals surface area contributed by atoms with Crippen molar-refractivity contribution in [2.24, 2.45) is 0 Å². The van der Waals surface area contributed by atoms with Crippen LogP contribution in [-0.4, -0.2) is 35.0 Å². The van der Waals surface area contributed by atoms with Crippen molar-refractivity contribution in [3.63, 3.8) is 0 Å². The molecule has 0 atom stereocenters. The van der Waals surface area contributed by atoms with Crippen molar-refractivity contribution >= 4 is 15.8 Å². The van der Waals surface area contributed by atoms with E-state index in [0.717, 1.165) is 0 Å². The Kier molecular flexibility index (Phi) is 1.93. The van der Waals surface area contributed by atoms with E-state index in [-0.39, 0.29) is 10.9 Å². The Bertz CT molecular complexity index is 527. The van der Waals surface area contributed by atoms with E-state index in [1.807, 2.05) is 0 Å². The summed E-state index contributed by atoms with van der Waals surface area (Å²) >= 11 is 0. The molecule has 0 spiro atoms. The van der Waals surface area contributed by atoms with Gasteiger partial charge in [-0.05, 0) is 13.1 Å². The van der Waals surface area contributed by atoms with Crippen molar-refractivity contribution in [2.75, 3.05) is 7.05 Å². The Morgan fingerprint density at radius 2 is 2.29 bits per heavy atom. The molecule has 74 valence electrons. The van der Waals surface area contributed by atoms with Gasteiger partial charge in [-0.15, -0.1) is 5.10 Å². The summed E-state index contributed by atoms with van der Waals surface area (Å²) in [6, 6.07) is 1.64. The van der Waals surface area contributed by atoms with Gasteiger partial charge in [0, 0.05) is 12.4 Å². The summed E-state index contributed by atoms with van der Waals surface area (Å²) in [5, 5.41) is 3.47. The summed E-state index contributed by atoms with van der Waals surface area (Å²) in [7, 11) is -2.29. The number of nitrogens with one attached hydrogen (secondary N) is 1. The standard InChI is InChI=1S/C6H7N5O2S/c1-7-14(12,13)6-9-5-8-3-2-4-11(5)10-6/h2-4,7H,1H3. The van der Waals surface area contributed by atoms with E-state index in [9.17, 15) is 8.42 Å². The Morgan fingerprint density at radius 3 is 2.93 bits per heavy atom. The zero-order chi connectivity index (χ0) is 10.2. The topological polar surface area (TPSA) is 89.2 Å². The molecule has 2 rings (SSSR count). The lowest BCUT2D eigenvalue weighted by Crippen LogP contribution is -2.20. The Morgan fingerprint density at radius 1 is 1.50 bits per heavy atom. The second-order valence-corrected chi connectivity index (χ2v) is 4.25. The van der Waals surface area contributed by atoms with Crippen LogP contribution in [0, 0.1) is 0 Å². The molecule has 0 bridgehead atoms. The maximum absolute atomic E-state index is 11.3. The van der Waals surface area contributed by atoms with Crippen LogP contribution in [0.4, 0.5) is 0 Å². The molecule has 0 unspecified atom stereocenters. The minimum Gasteiger partial charge on any atom is -0.220 e. The molecule has 1 N–H and O–H groups in total. The molecule has 0 saturated carbocycles. The highest BCUT2D eigenvalue weighted by Gasteiger charge is 2.17. The van der Waals surface area contributed by atoms with Crippen LogP contribution in [0.5, 0.6) is 0 Å². The van der Waals surface area contributed by atoms with Crippen LogP contribution < -0.4 is 4.72 Å². The Labute approximate surface area is 79.9 Å². The van der Waals surface area contributed by atoms with E-state index >= 15 is 0 Å². The first kappa shape index (κ1) is 9.03. The van der Waals surface area contributed by atoms with E-state index in [4.69, 9.17) is 0 Å². The molecule has 0 fully saturated rings. The monoisotopic (exact) mass is 213 g/mol. The fourth-order valence-corrected chi connectivity index (χ4v) is 1.50. The normalized spacial score (nSPS) is 12.1. The number of hydrogen-bond donors (Lipinski definition) is 1. The molecule has 8 heteroatoms. The largest absolute Gasteiger partial charge is 0.284 e. The van der Waals surface area contributed by atoms with Crippen LogP contribution in [0.2, 0.25) is 0 Å². The van der Waals surface area contributed by atoms with Gasteiger partial charge in [0.05, 0.1) is 0 Å². The molecule has 0 amide bonds. The van der Waals surface area contributed by atoms with Gasteiger partial charge in [-0.25, -0.2) is 22.6 Å². The minimum absolute atomic E-state index is 0.251. The van der Waals surface area contributed by atoms with Gasteiger partial charge in [0.15, 0.2) is 0 Å². The molecule has 0 radical (unpaired) electrons. The summed E-state index contributed by atoms with van der Waals surface area (Å²) in [5.74, 6) is 0.251. The number of aromatic nitrogens is 4. The van der Waals surface area contributed by atoms with Crippen LogP contribution in [-0.2, 0) is 10.0 Å². The van der Waals surface area contributed by atoms with E-state index in [0.29, 0.717) is 0 Å². The lowest BCUT2D eigenvalue weighted by molar-refractivity contribution is 0.578. The van der Waals surface area contributed by atoms with Gasteiger partial charge in [-0.1, -0.05) is 0 Å². The van der Waals surface area contributed by atoms with E-state index in [2.05, 4.69) is 19.8 Å². The van der Waals surface area contributed by atoms with Gasteiger partial charge >= 0.3 is 0 Å². The van der Waals surface area contributed by atoms with Crippen molar-refractivity contribution in [1.82, 2.24) is 24.3 Å². The summed E-state index contributed by atoms with van der Waals surface area (Å²) in [6.07, 6.45) is 3.09. The number of rotatable bonds is 2. The van der Waals surface area contributed by atoms with E-state index in [1.165, 1.54) is 17.8 Å². The third-order valence-corrected chi connectivity index (χ3v) is 2.80. The molecule has 7 nitrogen and oxygen atoms in total. The average molecular weight is 213 g/mol. The van der Waals surface area contributed by atoms with Crippen LogP contribution in [0.25, 0.3) is 5.78 Å². The SMILES string of the molecule is CNS(=O)(=O)c1nc2ncccn2n1. The van der Waals surface area contributed by atoms with Crippen molar-refractivity contribution in [3.05, 3.63) is 18.5 Å². The Hall–Kier alpha value is -1.54. The van der Waals surface area contributed by atoms with Crippen LogP contribution in [0.3, 0.4) is 0 Å². The Balaban J connectivity index is 2.67. The number of fused-ring (bicyclic) bond motifs is 1. The molecular formula is C6H7N5O2S. The zero-order valence-electron chi connectivity index (χ0n) is 7.25. The number of sulfonamides is 1. The van der Waals surface area contributed by atoms with Crippen LogP contribution in [0.15, 0.2) is 23.6 Å². The maximum Gasteiger partial charge on any atom is 0.284 e. The molecule has 0 aliphatic carbocycles. The molecule has 2 aromatic rings. The van der Waals surface area contributed by atoms with Gasteiger partial charge < -0.3 is 0 Å². The van der Waals surface area contributed by atoms with Gasteiger partial charge in [-0.2, -0.15) is 4.98 Å². The molecule has 0 aliphatic rings. The third kappa shape index (κ3) is 1.34.